The number of nitrogens with zero attached hydrogens (tertiary/aromatic N) is 1. The van der Waals surface area contributed by atoms with Crippen LogP contribution in [0.5, 0.6) is 11.5 Å². The van der Waals surface area contributed by atoms with E-state index in [1.165, 1.54) is 6.07 Å². The summed E-state index contributed by atoms with van der Waals surface area (Å²) in [6.07, 6.45) is 1.79. The highest BCUT2D eigenvalue weighted by atomic mass is 32.1. The molecule has 0 radical (unpaired) electrons. The van der Waals surface area contributed by atoms with Crippen LogP contribution in [0.15, 0.2) is 54.0 Å². The fourth-order valence-corrected chi connectivity index (χ4v) is 2.66. The van der Waals surface area contributed by atoms with Crippen LogP contribution in [-0.4, -0.2) is 15.2 Å². The normalized spacial score (nSPS) is 10.5. The fraction of sp³-hybridized carbons (Fsp3) is 0.0625. The highest BCUT2D eigenvalue weighted by Crippen LogP contribution is 2.29. The van der Waals surface area contributed by atoms with Crippen molar-refractivity contribution in [2.75, 3.05) is 5.32 Å². The van der Waals surface area contributed by atoms with E-state index >= 15 is 0 Å². The minimum atomic E-state index is -0.103. The van der Waals surface area contributed by atoms with E-state index in [0.29, 0.717) is 12.1 Å². The molecule has 2 aromatic carbocycles. The molecule has 0 aliphatic heterocycles. The summed E-state index contributed by atoms with van der Waals surface area (Å²) in [7, 11) is 0. The van der Waals surface area contributed by atoms with Gasteiger partial charge in [-0.1, -0.05) is 12.1 Å². The van der Waals surface area contributed by atoms with Gasteiger partial charge in [-0.05, 0) is 30.3 Å². The second kappa shape index (κ2) is 5.85. The van der Waals surface area contributed by atoms with Gasteiger partial charge in [0.25, 0.3) is 0 Å². The van der Waals surface area contributed by atoms with Crippen molar-refractivity contribution >= 4 is 17.0 Å². The molecule has 0 aliphatic carbocycles. The van der Waals surface area contributed by atoms with Crippen molar-refractivity contribution in [3.63, 3.8) is 0 Å². The molecule has 5 heteroatoms. The molecule has 3 rings (SSSR count). The number of para-hydroxylation sites is 1. The average molecular weight is 298 g/mol. The van der Waals surface area contributed by atoms with E-state index in [4.69, 9.17) is 0 Å². The first-order valence-electron chi connectivity index (χ1n) is 6.47. The van der Waals surface area contributed by atoms with Crippen LogP contribution in [0.25, 0.3) is 10.6 Å². The number of nitrogens with one attached hydrogen (secondary N) is 1. The summed E-state index contributed by atoms with van der Waals surface area (Å²) in [6.45, 7) is 0.441. The largest absolute Gasteiger partial charge is 0.504 e. The quantitative estimate of drug-likeness (QED) is 0.640. The number of phenolic OH excluding ortho intramolecular Hbond substituents is 2. The monoisotopic (exact) mass is 298 g/mol. The van der Waals surface area contributed by atoms with Gasteiger partial charge in [0.1, 0.15) is 5.01 Å². The highest BCUT2D eigenvalue weighted by molar-refractivity contribution is 7.13. The van der Waals surface area contributed by atoms with Crippen LogP contribution < -0.4 is 5.32 Å². The van der Waals surface area contributed by atoms with E-state index in [2.05, 4.69) is 10.3 Å². The van der Waals surface area contributed by atoms with Gasteiger partial charge in [-0.2, -0.15) is 0 Å². The van der Waals surface area contributed by atoms with E-state index < -0.39 is 0 Å². The first-order valence-corrected chi connectivity index (χ1v) is 7.35. The molecule has 0 aliphatic rings. The maximum atomic E-state index is 9.75. The number of aromatic nitrogens is 1. The Morgan fingerprint density at radius 3 is 2.57 bits per heavy atom. The number of hydrogen-bond acceptors (Lipinski definition) is 5. The zero-order valence-corrected chi connectivity index (χ0v) is 12.0. The Kier molecular flexibility index (Phi) is 3.75. The van der Waals surface area contributed by atoms with Crippen molar-refractivity contribution in [3.8, 4) is 22.1 Å². The van der Waals surface area contributed by atoms with Gasteiger partial charge < -0.3 is 15.5 Å². The van der Waals surface area contributed by atoms with Crippen molar-refractivity contribution < 1.29 is 10.2 Å². The third-order valence-electron chi connectivity index (χ3n) is 3.15. The van der Waals surface area contributed by atoms with Crippen LogP contribution in [0.4, 0.5) is 5.69 Å². The lowest BCUT2D eigenvalue weighted by atomic mass is 10.1. The van der Waals surface area contributed by atoms with Crippen LogP contribution in [-0.2, 0) is 6.54 Å². The maximum absolute atomic E-state index is 9.75. The molecule has 106 valence electrons. The number of anilines is 1. The van der Waals surface area contributed by atoms with Crippen molar-refractivity contribution in [2.45, 2.75) is 6.54 Å². The van der Waals surface area contributed by atoms with Crippen LogP contribution in [0.2, 0.25) is 0 Å². The first-order chi connectivity index (χ1) is 10.2. The lowest BCUT2D eigenvalue weighted by Gasteiger charge is -2.09. The number of benzene rings is 2. The molecular weight excluding hydrogens is 284 g/mol. The zero-order valence-electron chi connectivity index (χ0n) is 11.2. The molecule has 3 aromatic rings. The Morgan fingerprint density at radius 2 is 1.86 bits per heavy atom. The van der Waals surface area contributed by atoms with Crippen molar-refractivity contribution in [1.29, 1.82) is 0 Å². The summed E-state index contributed by atoms with van der Waals surface area (Å²) in [4.78, 5) is 4.27. The first kappa shape index (κ1) is 13.5. The minimum absolute atomic E-state index is 0.0793. The van der Waals surface area contributed by atoms with Crippen LogP contribution in [0, 0.1) is 0 Å². The third-order valence-corrected chi connectivity index (χ3v) is 3.97. The summed E-state index contributed by atoms with van der Waals surface area (Å²) in [5.41, 5.74) is 2.67. The molecule has 4 nitrogen and oxygen atoms in total. The van der Waals surface area contributed by atoms with E-state index in [-0.39, 0.29) is 11.5 Å². The second-order valence-electron chi connectivity index (χ2n) is 4.55. The molecule has 1 aromatic heterocycles. The fourth-order valence-electron chi connectivity index (χ4n) is 2.01. The molecule has 21 heavy (non-hydrogen) atoms. The Hall–Kier alpha value is -2.53. The van der Waals surface area contributed by atoms with Crippen molar-refractivity contribution in [2.24, 2.45) is 0 Å². The number of rotatable bonds is 4. The summed E-state index contributed by atoms with van der Waals surface area (Å²) < 4.78 is 0. The molecule has 0 saturated carbocycles. The molecule has 0 fully saturated rings. The van der Waals surface area contributed by atoms with E-state index in [1.807, 2.05) is 29.6 Å². The summed E-state index contributed by atoms with van der Waals surface area (Å²) in [6, 6.07) is 12.9. The van der Waals surface area contributed by atoms with Crippen LogP contribution in [0.1, 0.15) is 5.56 Å². The molecule has 0 atom stereocenters. The standard InChI is InChI=1S/C16H14N2O2S/c19-14-3-1-2-12(15(14)20)10-18-13-6-4-11(5-7-13)16-17-8-9-21-16/h1-9,18-20H,10H2. The molecule has 0 bridgehead atoms. The van der Waals surface area contributed by atoms with Gasteiger partial charge >= 0.3 is 0 Å². The lowest BCUT2D eigenvalue weighted by molar-refractivity contribution is 0.400. The van der Waals surface area contributed by atoms with Gasteiger partial charge in [-0.3, -0.25) is 0 Å². The molecule has 0 spiro atoms. The van der Waals surface area contributed by atoms with Crippen molar-refractivity contribution in [1.82, 2.24) is 4.98 Å². The Labute approximate surface area is 126 Å². The second-order valence-corrected chi connectivity index (χ2v) is 5.45. The Morgan fingerprint density at radius 1 is 1.05 bits per heavy atom. The van der Waals surface area contributed by atoms with E-state index in [1.54, 1.807) is 29.7 Å². The predicted octanol–water partition coefficient (Wildman–Crippen LogP) is 3.83. The Bertz CT molecular complexity index is 725. The maximum Gasteiger partial charge on any atom is 0.162 e. The van der Waals surface area contributed by atoms with Crippen molar-refractivity contribution in [3.05, 3.63) is 59.6 Å². The molecule has 0 unspecified atom stereocenters. The molecular formula is C16H14N2O2S. The van der Waals surface area contributed by atoms with Gasteiger partial charge in [-0.25, -0.2) is 4.98 Å². The lowest BCUT2D eigenvalue weighted by Crippen LogP contribution is -1.99. The highest BCUT2D eigenvalue weighted by Gasteiger charge is 2.05. The van der Waals surface area contributed by atoms with Gasteiger partial charge in [0.05, 0.1) is 0 Å². The van der Waals surface area contributed by atoms with Crippen LogP contribution in [0.3, 0.4) is 0 Å². The van der Waals surface area contributed by atoms with Gasteiger partial charge in [0.15, 0.2) is 11.5 Å². The molecule has 3 N–H and O–H groups in total. The molecule has 0 amide bonds. The third kappa shape index (κ3) is 2.98. The number of hydrogen-bond donors (Lipinski definition) is 3. The van der Waals surface area contributed by atoms with Gasteiger partial charge in [-0.15, -0.1) is 11.3 Å². The zero-order chi connectivity index (χ0) is 14.7. The van der Waals surface area contributed by atoms with E-state index in [0.717, 1.165) is 16.3 Å². The van der Waals surface area contributed by atoms with Crippen LogP contribution >= 0.6 is 11.3 Å². The molecule has 1 heterocycles. The summed E-state index contributed by atoms with van der Waals surface area (Å²) in [5.74, 6) is -0.183. The number of phenols is 2. The van der Waals surface area contributed by atoms with Gasteiger partial charge in [0, 0.05) is 34.9 Å². The summed E-state index contributed by atoms with van der Waals surface area (Å²) in [5, 5.41) is 25.4. The topological polar surface area (TPSA) is 65.4 Å². The predicted molar refractivity (Wildman–Crippen MR) is 84.6 cm³/mol. The average Bonchev–Trinajstić information content (AvgIpc) is 3.04. The van der Waals surface area contributed by atoms with Gasteiger partial charge in [0.2, 0.25) is 0 Å². The number of aromatic hydroxyl groups is 2. The number of thiazole rings is 1. The summed E-state index contributed by atoms with van der Waals surface area (Å²) >= 11 is 1.60. The minimum Gasteiger partial charge on any atom is -0.504 e. The smallest absolute Gasteiger partial charge is 0.162 e. The molecule has 0 saturated heterocycles. The SMILES string of the molecule is Oc1cccc(CNc2ccc(-c3nccs3)cc2)c1O. The van der Waals surface area contributed by atoms with E-state index in [9.17, 15) is 10.2 Å². The Balaban J connectivity index is 1.70.